The van der Waals surface area contributed by atoms with E-state index in [0.717, 1.165) is 38.8 Å². The molecule has 2 heterocycles. The first-order valence-corrected chi connectivity index (χ1v) is 10.5. The van der Waals surface area contributed by atoms with E-state index in [1.165, 1.54) is 12.8 Å². The summed E-state index contributed by atoms with van der Waals surface area (Å²) in [5, 5.41) is 2.96. The normalized spacial score (nSPS) is 33.5. The largest absolute Gasteiger partial charge is 0.462 e. The number of likely N-dealkylation sites (tertiary alicyclic amines) is 1. The van der Waals surface area contributed by atoms with Crippen LogP contribution in [0.15, 0.2) is 24.3 Å². The molecule has 0 radical (unpaired) electrons. The summed E-state index contributed by atoms with van der Waals surface area (Å²) in [5.74, 6) is -0.318. The summed E-state index contributed by atoms with van der Waals surface area (Å²) in [4.78, 5) is 39.6. The van der Waals surface area contributed by atoms with E-state index < -0.39 is 0 Å². The molecule has 2 saturated heterocycles. The number of hydrogen-bond donors (Lipinski definition) is 1. The monoisotopic (exact) mass is 382 g/mol. The molecule has 4 aliphatic rings. The molecule has 2 aliphatic heterocycles. The molecule has 2 amide bonds. The Hall–Kier alpha value is -2.37. The molecule has 1 aromatic carbocycles. The lowest BCUT2D eigenvalue weighted by molar-refractivity contribution is -0.145. The van der Waals surface area contributed by atoms with Crippen molar-refractivity contribution in [3.63, 3.8) is 0 Å². The summed E-state index contributed by atoms with van der Waals surface area (Å²) >= 11 is 0. The maximum absolute atomic E-state index is 12.8. The van der Waals surface area contributed by atoms with Gasteiger partial charge in [0, 0.05) is 30.3 Å². The molecule has 4 fully saturated rings. The first-order valence-electron chi connectivity index (χ1n) is 10.5. The van der Waals surface area contributed by atoms with Crippen molar-refractivity contribution in [2.75, 3.05) is 18.4 Å². The van der Waals surface area contributed by atoms with Crippen molar-refractivity contribution in [1.29, 1.82) is 0 Å². The Balaban J connectivity index is 1.25. The molecule has 1 N–H and O–H groups in total. The molecule has 1 aromatic rings. The van der Waals surface area contributed by atoms with Crippen LogP contribution in [0, 0.1) is 23.7 Å². The van der Waals surface area contributed by atoms with Crippen molar-refractivity contribution in [2.45, 2.75) is 44.6 Å². The predicted octanol–water partition coefficient (Wildman–Crippen LogP) is 2.84. The Morgan fingerprint density at radius 3 is 2.43 bits per heavy atom. The lowest BCUT2D eigenvalue weighted by Crippen LogP contribution is -2.35. The highest BCUT2D eigenvalue weighted by atomic mass is 16.6. The van der Waals surface area contributed by atoms with Gasteiger partial charge in [-0.15, -0.1) is 0 Å². The predicted molar refractivity (Wildman–Crippen MR) is 103 cm³/mol. The van der Waals surface area contributed by atoms with Gasteiger partial charge in [-0.2, -0.15) is 0 Å². The van der Waals surface area contributed by atoms with E-state index in [9.17, 15) is 14.4 Å². The fraction of sp³-hybridized carbons (Fsp3) is 0.591. The number of carbonyl (C=O) groups excluding carboxylic acids is 3. The highest BCUT2D eigenvalue weighted by Crippen LogP contribution is 2.57. The van der Waals surface area contributed by atoms with Gasteiger partial charge in [0.05, 0.1) is 11.8 Å². The Kier molecular flexibility index (Phi) is 4.37. The lowest BCUT2D eigenvalue weighted by atomic mass is 9.79. The topological polar surface area (TPSA) is 75.7 Å². The summed E-state index contributed by atoms with van der Waals surface area (Å²) < 4.78 is 5.42. The van der Waals surface area contributed by atoms with Gasteiger partial charge in [0.25, 0.3) is 5.91 Å². The zero-order valence-corrected chi connectivity index (χ0v) is 15.9. The van der Waals surface area contributed by atoms with E-state index >= 15 is 0 Å². The fourth-order valence-corrected chi connectivity index (χ4v) is 5.74. The molecule has 0 spiro atoms. The standard InChI is InChI=1S/C22H26N2O4/c25-20(18-14-11-16-17(12-14)28-22(27)19(16)18)23-15-7-5-13(6-8-15)21(26)24-9-3-1-2-4-10-24/h5-8,14,16-19H,1-4,9-12H2,(H,23,25)/t14-,16+,17+,18-,19+/m1/s1. The van der Waals surface area contributed by atoms with Crippen LogP contribution in [0.4, 0.5) is 5.69 Å². The van der Waals surface area contributed by atoms with Gasteiger partial charge >= 0.3 is 5.97 Å². The number of fused-ring (bicyclic) bond motifs is 1. The van der Waals surface area contributed by atoms with Crippen molar-refractivity contribution in [3.8, 4) is 0 Å². The van der Waals surface area contributed by atoms with Crippen LogP contribution in [0.1, 0.15) is 48.9 Å². The quantitative estimate of drug-likeness (QED) is 0.816. The van der Waals surface area contributed by atoms with Crippen LogP contribution in [-0.2, 0) is 14.3 Å². The van der Waals surface area contributed by atoms with Crippen LogP contribution in [0.25, 0.3) is 0 Å². The highest BCUT2D eigenvalue weighted by Gasteiger charge is 2.63. The third kappa shape index (κ3) is 2.90. The Labute approximate surface area is 164 Å². The SMILES string of the molecule is O=C(Nc1ccc(C(=O)N2CCCCCC2)cc1)[C@@H]1[C@@H]2C[C@@H]3[C@@H]1C(=O)O[C@H]3C2. The van der Waals surface area contributed by atoms with E-state index in [2.05, 4.69) is 5.32 Å². The number of hydrogen-bond acceptors (Lipinski definition) is 4. The van der Waals surface area contributed by atoms with Crippen molar-refractivity contribution >= 4 is 23.5 Å². The number of esters is 1. The molecule has 0 aromatic heterocycles. The second-order valence-electron chi connectivity index (χ2n) is 8.70. The maximum atomic E-state index is 12.8. The highest BCUT2D eigenvalue weighted by molar-refractivity contribution is 5.98. The van der Waals surface area contributed by atoms with Gasteiger partial charge in [0.2, 0.25) is 5.91 Å². The van der Waals surface area contributed by atoms with Gasteiger partial charge in [0.1, 0.15) is 6.10 Å². The molecule has 6 nitrogen and oxygen atoms in total. The van der Waals surface area contributed by atoms with E-state index in [-0.39, 0.29) is 47.6 Å². The summed E-state index contributed by atoms with van der Waals surface area (Å²) in [6, 6.07) is 7.13. The summed E-state index contributed by atoms with van der Waals surface area (Å²) in [5.41, 5.74) is 1.32. The van der Waals surface area contributed by atoms with Gasteiger partial charge in [-0.25, -0.2) is 0 Å². The average molecular weight is 382 g/mol. The molecule has 2 saturated carbocycles. The number of ether oxygens (including phenoxy) is 1. The van der Waals surface area contributed by atoms with E-state index in [4.69, 9.17) is 4.74 Å². The number of amides is 2. The van der Waals surface area contributed by atoms with Crippen LogP contribution in [0.2, 0.25) is 0 Å². The van der Waals surface area contributed by atoms with Gasteiger partial charge < -0.3 is 15.0 Å². The van der Waals surface area contributed by atoms with Crippen molar-refractivity contribution in [1.82, 2.24) is 4.90 Å². The fourth-order valence-electron chi connectivity index (χ4n) is 5.74. The molecule has 148 valence electrons. The van der Waals surface area contributed by atoms with Gasteiger partial charge in [-0.05, 0) is 55.9 Å². The van der Waals surface area contributed by atoms with Crippen LogP contribution in [-0.4, -0.2) is 41.9 Å². The first kappa shape index (κ1) is 17.7. The second kappa shape index (κ2) is 6.90. The number of benzene rings is 1. The molecule has 0 unspecified atom stereocenters. The third-order valence-corrected chi connectivity index (χ3v) is 7.08. The van der Waals surface area contributed by atoms with Crippen molar-refractivity contribution in [3.05, 3.63) is 29.8 Å². The smallest absolute Gasteiger partial charge is 0.310 e. The molecule has 2 aliphatic carbocycles. The van der Waals surface area contributed by atoms with Crippen molar-refractivity contribution < 1.29 is 19.1 Å². The van der Waals surface area contributed by atoms with E-state index in [1.54, 1.807) is 24.3 Å². The zero-order valence-electron chi connectivity index (χ0n) is 15.9. The van der Waals surface area contributed by atoms with Crippen LogP contribution in [0.5, 0.6) is 0 Å². The maximum Gasteiger partial charge on any atom is 0.310 e. The second-order valence-corrected chi connectivity index (χ2v) is 8.70. The molecule has 5 atom stereocenters. The van der Waals surface area contributed by atoms with Crippen molar-refractivity contribution in [2.24, 2.45) is 23.7 Å². The molecular formula is C22H26N2O4. The van der Waals surface area contributed by atoms with E-state index in [0.29, 0.717) is 11.3 Å². The number of nitrogens with one attached hydrogen (secondary N) is 1. The van der Waals surface area contributed by atoms with Gasteiger partial charge in [-0.1, -0.05) is 12.8 Å². The Morgan fingerprint density at radius 1 is 1.00 bits per heavy atom. The van der Waals surface area contributed by atoms with Gasteiger partial charge in [-0.3, -0.25) is 14.4 Å². The number of nitrogens with zero attached hydrogens (tertiary/aromatic N) is 1. The number of anilines is 1. The molecule has 6 heteroatoms. The molecule has 5 rings (SSSR count). The minimum atomic E-state index is -0.283. The Bertz CT molecular complexity index is 795. The molecule has 28 heavy (non-hydrogen) atoms. The third-order valence-electron chi connectivity index (χ3n) is 7.08. The number of carbonyl (C=O) groups is 3. The van der Waals surface area contributed by atoms with Crippen LogP contribution in [0.3, 0.4) is 0 Å². The zero-order chi connectivity index (χ0) is 19.3. The van der Waals surface area contributed by atoms with E-state index in [1.807, 2.05) is 4.90 Å². The summed E-state index contributed by atoms with van der Waals surface area (Å²) in [7, 11) is 0. The lowest BCUT2D eigenvalue weighted by Gasteiger charge is -2.23. The average Bonchev–Trinajstić information content (AvgIpc) is 3.21. The first-order chi connectivity index (χ1) is 13.6. The van der Waals surface area contributed by atoms with Crippen LogP contribution < -0.4 is 5.32 Å². The molecular weight excluding hydrogens is 356 g/mol. The van der Waals surface area contributed by atoms with Crippen LogP contribution >= 0.6 is 0 Å². The number of rotatable bonds is 3. The van der Waals surface area contributed by atoms with Gasteiger partial charge in [0.15, 0.2) is 0 Å². The summed E-state index contributed by atoms with van der Waals surface area (Å²) in [6.45, 7) is 1.64. The Morgan fingerprint density at radius 2 is 1.71 bits per heavy atom. The minimum absolute atomic E-state index is 0.0378. The molecule has 2 bridgehead atoms. The summed E-state index contributed by atoms with van der Waals surface area (Å²) in [6.07, 6.45) is 6.27. The minimum Gasteiger partial charge on any atom is -0.462 e.